The van der Waals surface area contributed by atoms with Gasteiger partial charge in [-0.25, -0.2) is 0 Å². The van der Waals surface area contributed by atoms with E-state index in [9.17, 15) is 0 Å². The molecular formula is C13H17N3S. The monoisotopic (exact) mass is 247 g/mol. The van der Waals surface area contributed by atoms with Crippen LogP contribution < -0.4 is 11.1 Å². The summed E-state index contributed by atoms with van der Waals surface area (Å²) in [7, 11) is 0. The average molecular weight is 247 g/mol. The van der Waals surface area contributed by atoms with Gasteiger partial charge in [0, 0.05) is 5.56 Å². The number of rotatable bonds is 1. The summed E-state index contributed by atoms with van der Waals surface area (Å²) in [6.07, 6.45) is 1.95. The molecule has 0 bridgehead atoms. The minimum atomic E-state index is -0.0680. The van der Waals surface area contributed by atoms with Gasteiger partial charge < -0.3 is 11.1 Å². The van der Waals surface area contributed by atoms with E-state index in [0.29, 0.717) is 0 Å². The van der Waals surface area contributed by atoms with Gasteiger partial charge >= 0.3 is 0 Å². The van der Waals surface area contributed by atoms with E-state index in [1.165, 1.54) is 5.56 Å². The maximum absolute atomic E-state index is 5.55. The number of hydrogen-bond acceptors (Lipinski definition) is 2. The predicted octanol–water partition coefficient (Wildman–Crippen LogP) is 1.99. The summed E-state index contributed by atoms with van der Waals surface area (Å²) < 4.78 is 0. The van der Waals surface area contributed by atoms with Gasteiger partial charge in [0.2, 0.25) is 0 Å². The van der Waals surface area contributed by atoms with Crippen LogP contribution in [0.3, 0.4) is 0 Å². The van der Waals surface area contributed by atoms with Crippen molar-refractivity contribution in [1.29, 1.82) is 0 Å². The molecule has 1 aromatic rings. The molecule has 4 heteroatoms. The van der Waals surface area contributed by atoms with Crippen LogP contribution in [0.2, 0.25) is 0 Å². The summed E-state index contributed by atoms with van der Waals surface area (Å²) in [5, 5.41) is 3.25. The topological polar surface area (TPSA) is 50.4 Å². The predicted molar refractivity (Wildman–Crippen MR) is 75.3 cm³/mol. The van der Waals surface area contributed by atoms with E-state index in [-0.39, 0.29) is 10.7 Å². The molecule has 0 amide bonds. The SMILES string of the molecule is CCC1(C)Cc2ccccc2C(NC(N)=S)=N1. The summed E-state index contributed by atoms with van der Waals surface area (Å²) in [6, 6.07) is 8.25. The van der Waals surface area contributed by atoms with Crippen molar-refractivity contribution in [1.82, 2.24) is 5.32 Å². The molecule has 17 heavy (non-hydrogen) atoms. The minimum absolute atomic E-state index is 0.0680. The second-order valence-electron chi connectivity index (χ2n) is 4.63. The third-order valence-corrected chi connectivity index (χ3v) is 3.33. The third-order valence-electron chi connectivity index (χ3n) is 3.23. The van der Waals surface area contributed by atoms with Gasteiger partial charge in [0.15, 0.2) is 5.11 Å². The molecule has 90 valence electrons. The van der Waals surface area contributed by atoms with Gasteiger partial charge in [-0.2, -0.15) is 0 Å². The molecule has 0 fully saturated rings. The Morgan fingerprint density at radius 2 is 2.24 bits per heavy atom. The Morgan fingerprint density at radius 3 is 2.88 bits per heavy atom. The molecule has 0 radical (unpaired) electrons. The maximum Gasteiger partial charge on any atom is 0.169 e. The smallest absolute Gasteiger partial charge is 0.169 e. The van der Waals surface area contributed by atoms with Gasteiger partial charge in [0.05, 0.1) is 5.54 Å². The lowest BCUT2D eigenvalue weighted by Gasteiger charge is -2.31. The Morgan fingerprint density at radius 1 is 1.53 bits per heavy atom. The van der Waals surface area contributed by atoms with Crippen LogP contribution in [0.25, 0.3) is 0 Å². The van der Waals surface area contributed by atoms with Crippen molar-refractivity contribution in [3.05, 3.63) is 35.4 Å². The van der Waals surface area contributed by atoms with Crippen molar-refractivity contribution in [3.63, 3.8) is 0 Å². The van der Waals surface area contributed by atoms with E-state index >= 15 is 0 Å². The number of amidine groups is 1. The summed E-state index contributed by atoms with van der Waals surface area (Å²) >= 11 is 4.90. The number of nitrogens with two attached hydrogens (primary N) is 1. The van der Waals surface area contributed by atoms with Crippen LogP contribution in [0, 0.1) is 0 Å². The highest BCUT2D eigenvalue weighted by Crippen LogP contribution is 2.28. The largest absolute Gasteiger partial charge is 0.376 e. The van der Waals surface area contributed by atoms with Crippen molar-refractivity contribution in [2.24, 2.45) is 10.7 Å². The quantitative estimate of drug-likeness (QED) is 0.746. The molecule has 1 aliphatic rings. The molecule has 0 aliphatic carbocycles. The van der Waals surface area contributed by atoms with Crippen LogP contribution in [-0.4, -0.2) is 16.5 Å². The molecule has 0 saturated carbocycles. The fraction of sp³-hybridized carbons (Fsp3) is 0.385. The fourth-order valence-corrected chi connectivity index (χ4v) is 2.20. The Hall–Kier alpha value is -1.42. The first-order chi connectivity index (χ1) is 8.04. The number of hydrogen-bond donors (Lipinski definition) is 2. The van der Waals surface area contributed by atoms with E-state index in [1.54, 1.807) is 0 Å². The molecule has 1 aromatic carbocycles. The highest BCUT2D eigenvalue weighted by molar-refractivity contribution is 7.80. The minimum Gasteiger partial charge on any atom is -0.376 e. The van der Waals surface area contributed by atoms with Crippen LogP contribution in [0.4, 0.5) is 0 Å². The lowest BCUT2D eigenvalue weighted by molar-refractivity contribution is 0.446. The summed E-state index contributed by atoms with van der Waals surface area (Å²) in [5.74, 6) is 0.795. The molecule has 3 N–H and O–H groups in total. The summed E-state index contributed by atoms with van der Waals surface area (Å²) in [4.78, 5) is 4.75. The molecule has 1 unspecified atom stereocenters. The van der Waals surface area contributed by atoms with Crippen molar-refractivity contribution in [3.8, 4) is 0 Å². The van der Waals surface area contributed by atoms with E-state index in [0.717, 1.165) is 24.2 Å². The van der Waals surface area contributed by atoms with Gasteiger partial charge in [-0.3, -0.25) is 4.99 Å². The van der Waals surface area contributed by atoms with E-state index in [1.807, 2.05) is 6.07 Å². The van der Waals surface area contributed by atoms with Crippen LogP contribution >= 0.6 is 12.2 Å². The first kappa shape index (κ1) is 12.0. The summed E-state index contributed by atoms with van der Waals surface area (Å²) in [6.45, 7) is 4.31. The van der Waals surface area contributed by atoms with Crippen LogP contribution in [0.1, 0.15) is 31.4 Å². The number of nitrogens with zero attached hydrogens (tertiary/aromatic N) is 1. The average Bonchev–Trinajstić information content (AvgIpc) is 2.28. The zero-order valence-corrected chi connectivity index (χ0v) is 11.0. The summed E-state index contributed by atoms with van der Waals surface area (Å²) in [5.41, 5.74) is 7.88. The molecule has 1 heterocycles. The third kappa shape index (κ3) is 2.47. The van der Waals surface area contributed by atoms with Gasteiger partial charge in [0.25, 0.3) is 0 Å². The number of aliphatic imine (C=N–C) groups is 1. The molecule has 2 rings (SSSR count). The highest BCUT2D eigenvalue weighted by atomic mass is 32.1. The standard InChI is InChI=1S/C13H17N3S/c1-3-13(2)8-9-6-4-5-7-10(9)11(16-13)15-12(14)17/h4-7H,3,8H2,1-2H3,(H3,14,15,16,17). The zero-order chi connectivity index (χ0) is 12.5. The molecule has 1 atom stereocenters. The lowest BCUT2D eigenvalue weighted by Crippen LogP contribution is -2.41. The Labute approximate surface area is 107 Å². The molecular weight excluding hydrogens is 230 g/mol. The molecule has 0 aromatic heterocycles. The van der Waals surface area contributed by atoms with E-state index in [2.05, 4.69) is 37.4 Å². The number of nitrogens with one attached hydrogen (secondary N) is 1. The van der Waals surface area contributed by atoms with Gasteiger partial charge in [0.1, 0.15) is 5.84 Å². The Bertz CT molecular complexity index is 481. The molecule has 3 nitrogen and oxygen atoms in total. The van der Waals surface area contributed by atoms with Crippen molar-refractivity contribution >= 4 is 23.2 Å². The van der Waals surface area contributed by atoms with Crippen LogP contribution in [0.5, 0.6) is 0 Å². The highest BCUT2D eigenvalue weighted by Gasteiger charge is 2.29. The number of fused-ring (bicyclic) bond motifs is 1. The van der Waals surface area contributed by atoms with E-state index in [4.69, 9.17) is 22.9 Å². The number of thiocarbonyl (C=S) groups is 1. The fourth-order valence-electron chi connectivity index (χ4n) is 2.10. The second-order valence-corrected chi connectivity index (χ2v) is 5.07. The van der Waals surface area contributed by atoms with Gasteiger partial charge in [-0.15, -0.1) is 0 Å². The maximum atomic E-state index is 5.55. The van der Waals surface area contributed by atoms with Crippen LogP contribution in [-0.2, 0) is 6.42 Å². The Kier molecular flexibility index (Phi) is 3.15. The molecule has 1 aliphatic heterocycles. The first-order valence-corrected chi connectivity index (χ1v) is 6.19. The Balaban J connectivity index is 2.47. The molecule has 0 saturated heterocycles. The number of benzene rings is 1. The zero-order valence-electron chi connectivity index (χ0n) is 10.2. The first-order valence-electron chi connectivity index (χ1n) is 5.79. The molecule has 0 spiro atoms. The van der Waals surface area contributed by atoms with E-state index < -0.39 is 0 Å². The van der Waals surface area contributed by atoms with Crippen molar-refractivity contribution in [2.75, 3.05) is 0 Å². The van der Waals surface area contributed by atoms with Crippen LogP contribution in [0.15, 0.2) is 29.3 Å². The second kappa shape index (κ2) is 4.45. The van der Waals surface area contributed by atoms with Crippen molar-refractivity contribution < 1.29 is 0 Å². The normalized spacial score (nSPS) is 22.6. The van der Waals surface area contributed by atoms with Crippen molar-refractivity contribution in [2.45, 2.75) is 32.2 Å². The lowest BCUT2D eigenvalue weighted by atomic mass is 9.85. The van der Waals surface area contributed by atoms with Gasteiger partial charge in [-0.05, 0) is 37.5 Å². The van der Waals surface area contributed by atoms with Gasteiger partial charge in [-0.1, -0.05) is 31.2 Å².